The zero-order chi connectivity index (χ0) is 19.7. The van der Waals surface area contributed by atoms with Crippen molar-refractivity contribution in [1.29, 1.82) is 0 Å². The monoisotopic (exact) mass is 414 g/mol. The highest BCUT2D eigenvalue weighted by Gasteiger charge is 2.60. The van der Waals surface area contributed by atoms with Crippen molar-refractivity contribution < 1.29 is 27.1 Å². The molecule has 150 valence electrons. The van der Waals surface area contributed by atoms with Gasteiger partial charge in [0.1, 0.15) is 0 Å². The molecule has 0 radical (unpaired) electrons. The molecule has 1 amide bonds. The third-order valence-electron chi connectivity index (χ3n) is 6.30. The van der Waals surface area contributed by atoms with Gasteiger partial charge in [0.15, 0.2) is 11.6 Å². The van der Waals surface area contributed by atoms with E-state index in [-0.39, 0.29) is 27.1 Å². The van der Waals surface area contributed by atoms with Crippen molar-refractivity contribution in [3.8, 4) is 5.75 Å². The van der Waals surface area contributed by atoms with Gasteiger partial charge >= 0.3 is 6.36 Å². The summed E-state index contributed by atoms with van der Waals surface area (Å²) in [7, 11) is 0. The first-order valence-electron chi connectivity index (χ1n) is 9.30. The number of thiophene rings is 1. The average Bonchev–Trinajstić information content (AvgIpc) is 3.29. The first-order valence-corrected chi connectivity index (χ1v) is 10.1. The summed E-state index contributed by atoms with van der Waals surface area (Å²) in [6, 6.07) is 3.84. The van der Waals surface area contributed by atoms with E-state index in [9.17, 15) is 22.4 Å². The van der Waals surface area contributed by atoms with Gasteiger partial charge in [-0.05, 0) is 62.2 Å². The van der Waals surface area contributed by atoms with Crippen molar-refractivity contribution in [2.75, 3.05) is 13.1 Å². The number of carbonyl (C=O) groups excluding carboxylic acids is 1. The molecule has 4 heterocycles. The minimum absolute atomic E-state index is 0.0162. The number of hydrogen-bond acceptors (Lipinski definition) is 4. The number of piperidine rings is 3. The van der Waals surface area contributed by atoms with Gasteiger partial charge in [0, 0.05) is 5.54 Å². The average molecular weight is 414 g/mol. The first-order chi connectivity index (χ1) is 13.3. The summed E-state index contributed by atoms with van der Waals surface area (Å²) in [5, 5.41) is 3.49. The van der Waals surface area contributed by atoms with Gasteiger partial charge in [-0.15, -0.1) is 24.5 Å². The Morgan fingerprint density at radius 3 is 2.61 bits per heavy atom. The summed E-state index contributed by atoms with van der Waals surface area (Å²) in [6.07, 6.45) is -0.775. The number of halogens is 4. The minimum Gasteiger partial charge on any atom is -0.401 e. The molecule has 4 nitrogen and oxygen atoms in total. The molecule has 2 bridgehead atoms. The predicted octanol–water partition coefficient (Wildman–Crippen LogP) is 4.30. The number of rotatable bonds is 3. The van der Waals surface area contributed by atoms with Gasteiger partial charge in [-0.1, -0.05) is 6.07 Å². The van der Waals surface area contributed by atoms with Crippen LogP contribution in [-0.2, 0) is 0 Å². The van der Waals surface area contributed by atoms with E-state index in [4.69, 9.17) is 0 Å². The molecular weight excluding hydrogens is 396 g/mol. The summed E-state index contributed by atoms with van der Waals surface area (Å²) < 4.78 is 55.7. The first kappa shape index (κ1) is 18.2. The largest absolute Gasteiger partial charge is 0.573 e. The van der Waals surface area contributed by atoms with Gasteiger partial charge in [-0.3, -0.25) is 9.69 Å². The smallest absolute Gasteiger partial charge is 0.401 e. The normalized spacial score (nSPS) is 27.9. The Hall–Kier alpha value is -1.87. The molecule has 4 fully saturated rings. The lowest BCUT2D eigenvalue weighted by Gasteiger charge is -2.52. The third-order valence-corrected chi connectivity index (χ3v) is 7.45. The number of fused-ring (bicyclic) bond motifs is 3. The molecule has 1 aromatic carbocycles. The summed E-state index contributed by atoms with van der Waals surface area (Å²) in [6.45, 7) is 2.13. The van der Waals surface area contributed by atoms with Crippen LogP contribution in [-0.4, -0.2) is 41.8 Å². The summed E-state index contributed by atoms with van der Waals surface area (Å²) >= 11 is 0.825. The van der Waals surface area contributed by atoms with Crippen LogP contribution in [0, 0.1) is 11.7 Å². The van der Waals surface area contributed by atoms with E-state index in [1.165, 1.54) is 12.1 Å². The number of nitrogens with zero attached hydrogens (tertiary/aromatic N) is 1. The van der Waals surface area contributed by atoms with E-state index >= 15 is 0 Å². The highest BCUT2D eigenvalue weighted by Crippen LogP contribution is 2.53. The minimum atomic E-state index is -5.00. The molecule has 3 saturated heterocycles. The molecule has 9 heteroatoms. The van der Waals surface area contributed by atoms with Crippen molar-refractivity contribution >= 4 is 27.3 Å². The quantitative estimate of drug-likeness (QED) is 0.762. The Kier molecular flexibility index (Phi) is 3.94. The number of amides is 1. The second-order valence-electron chi connectivity index (χ2n) is 7.83. The number of carbonyl (C=O) groups is 1. The molecule has 28 heavy (non-hydrogen) atoms. The summed E-state index contributed by atoms with van der Waals surface area (Å²) in [5.41, 5.74) is 0.0597. The van der Waals surface area contributed by atoms with E-state index < -0.39 is 17.9 Å². The molecule has 6 rings (SSSR count). The lowest BCUT2D eigenvalue weighted by atomic mass is 9.77. The topological polar surface area (TPSA) is 41.6 Å². The molecule has 1 spiro atoms. The fourth-order valence-corrected chi connectivity index (χ4v) is 5.94. The molecule has 3 aliphatic heterocycles. The number of nitrogens with one attached hydrogen (secondary N) is 1. The molecule has 4 aliphatic rings. The van der Waals surface area contributed by atoms with Crippen LogP contribution in [0.2, 0.25) is 0 Å². The molecule has 0 unspecified atom stereocenters. The Bertz CT molecular complexity index is 945. The standard InChI is InChI=1S/C19H18F4N2O2S/c20-12-2-1-11-9-13(28-15(11)14(12)27-19(21,22)23)17(26)24-16-10-3-7-25(8-4-10)18(16)5-6-18/h1-2,9-10,16H,3-8H2,(H,24,26)/t16-/m1/s1. The van der Waals surface area contributed by atoms with E-state index in [2.05, 4.69) is 15.0 Å². The van der Waals surface area contributed by atoms with Crippen LogP contribution in [0.1, 0.15) is 35.4 Å². The van der Waals surface area contributed by atoms with Crippen molar-refractivity contribution in [2.24, 2.45) is 5.92 Å². The van der Waals surface area contributed by atoms with Gasteiger partial charge in [0.05, 0.1) is 15.6 Å². The van der Waals surface area contributed by atoms with E-state index in [0.717, 1.165) is 56.2 Å². The molecule has 1 saturated carbocycles. The second-order valence-corrected chi connectivity index (χ2v) is 8.88. The highest BCUT2D eigenvalue weighted by molar-refractivity contribution is 7.21. The van der Waals surface area contributed by atoms with Crippen LogP contribution in [0.4, 0.5) is 17.6 Å². The van der Waals surface area contributed by atoms with Crippen LogP contribution < -0.4 is 10.1 Å². The molecule has 1 N–H and O–H groups in total. The Morgan fingerprint density at radius 1 is 1.25 bits per heavy atom. The maximum Gasteiger partial charge on any atom is 0.573 e. The number of hydrogen-bond donors (Lipinski definition) is 1. The Morgan fingerprint density at radius 2 is 1.96 bits per heavy atom. The number of ether oxygens (including phenoxy) is 1. The van der Waals surface area contributed by atoms with Crippen LogP contribution in [0.25, 0.3) is 10.1 Å². The van der Waals surface area contributed by atoms with Crippen LogP contribution in [0.3, 0.4) is 0 Å². The molecule has 1 aromatic heterocycles. The maximum atomic E-state index is 13.9. The fraction of sp³-hybridized carbons (Fsp3) is 0.526. The van der Waals surface area contributed by atoms with E-state index in [1.807, 2.05) is 0 Å². The van der Waals surface area contributed by atoms with Crippen molar-refractivity contribution in [3.05, 3.63) is 28.9 Å². The molecule has 1 aliphatic carbocycles. The van der Waals surface area contributed by atoms with Gasteiger partial charge in [0.2, 0.25) is 0 Å². The molecular formula is C19H18F4N2O2S. The van der Waals surface area contributed by atoms with Crippen molar-refractivity contribution in [1.82, 2.24) is 10.2 Å². The van der Waals surface area contributed by atoms with Crippen LogP contribution in [0.15, 0.2) is 18.2 Å². The van der Waals surface area contributed by atoms with Gasteiger partial charge in [-0.25, -0.2) is 4.39 Å². The molecule has 1 atom stereocenters. The SMILES string of the molecule is O=C(N[C@@H]1C2CCN(CC2)C12CC2)c1cc2ccc(F)c(OC(F)(F)F)c2s1. The fourth-order valence-electron chi connectivity index (χ4n) is 4.91. The number of alkyl halides is 3. The van der Waals surface area contributed by atoms with Gasteiger partial charge < -0.3 is 10.1 Å². The maximum absolute atomic E-state index is 13.9. The number of benzene rings is 1. The zero-order valence-corrected chi connectivity index (χ0v) is 15.6. The van der Waals surface area contributed by atoms with E-state index in [1.54, 1.807) is 0 Å². The third kappa shape index (κ3) is 2.86. The second kappa shape index (κ2) is 6.06. The Labute approximate surface area is 162 Å². The predicted molar refractivity (Wildman–Crippen MR) is 96.0 cm³/mol. The summed E-state index contributed by atoms with van der Waals surface area (Å²) in [4.78, 5) is 15.6. The highest BCUT2D eigenvalue weighted by atomic mass is 32.1. The van der Waals surface area contributed by atoms with Crippen LogP contribution in [0.5, 0.6) is 5.75 Å². The van der Waals surface area contributed by atoms with Crippen molar-refractivity contribution in [2.45, 2.75) is 43.6 Å². The zero-order valence-electron chi connectivity index (χ0n) is 14.8. The van der Waals surface area contributed by atoms with Crippen molar-refractivity contribution in [3.63, 3.8) is 0 Å². The van der Waals surface area contributed by atoms with Crippen LogP contribution >= 0.6 is 11.3 Å². The molecule has 2 aromatic rings. The van der Waals surface area contributed by atoms with E-state index in [0.29, 0.717) is 11.3 Å². The lowest BCUT2D eigenvalue weighted by molar-refractivity contribution is -0.275. The Balaban J connectivity index is 1.43. The lowest BCUT2D eigenvalue weighted by Crippen LogP contribution is -2.65. The van der Waals surface area contributed by atoms with Gasteiger partial charge in [-0.2, -0.15) is 0 Å². The summed E-state index contributed by atoms with van der Waals surface area (Å²) in [5.74, 6) is -1.86. The van der Waals surface area contributed by atoms with Gasteiger partial charge in [0.25, 0.3) is 5.91 Å².